The molecule has 1 saturated carbocycles. The SMILES string of the molecule is CC(C(=O)O)N(C(=O)c1cccn(C)c1=O)C1CC1. The van der Waals surface area contributed by atoms with Crippen LogP contribution in [0.25, 0.3) is 0 Å². The maximum absolute atomic E-state index is 12.4. The molecule has 1 heterocycles. The van der Waals surface area contributed by atoms with Crippen LogP contribution in [0.3, 0.4) is 0 Å². The Labute approximate surface area is 110 Å². The molecular weight excluding hydrogens is 248 g/mol. The number of carboxylic acid groups (broad SMARTS) is 1. The third kappa shape index (κ3) is 2.52. The van der Waals surface area contributed by atoms with Gasteiger partial charge in [-0.1, -0.05) is 0 Å². The van der Waals surface area contributed by atoms with E-state index >= 15 is 0 Å². The molecule has 102 valence electrons. The lowest BCUT2D eigenvalue weighted by molar-refractivity contribution is -0.141. The number of aliphatic carboxylic acids is 1. The van der Waals surface area contributed by atoms with Crippen molar-refractivity contribution in [3.05, 3.63) is 34.2 Å². The molecule has 1 aromatic rings. The van der Waals surface area contributed by atoms with Crippen LogP contribution in [-0.4, -0.2) is 38.5 Å². The van der Waals surface area contributed by atoms with Crippen molar-refractivity contribution in [3.63, 3.8) is 0 Å². The molecule has 0 bridgehead atoms. The van der Waals surface area contributed by atoms with Gasteiger partial charge < -0.3 is 14.6 Å². The lowest BCUT2D eigenvalue weighted by Crippen LogP contribution is -2.46. The zero-order valence-corrected chi connectivity index (χ0v) is 10.9. The fourth-order valence-corrected chi connectivity index (χ4v) is 2.03. The first-order chi connectivity index (χ1) is 8.93. The average molecular weight is 264 g/mol. The minimum atomic E-state index is -1.06. The maximum atomic E-state index is 12.4. The molecule has 1 amide bonds. The van der Waals surface area contributed by atoms with Crippen LogP contribution in [0.15, 0.2) is 23.1 Å². The summed E-state index contributed by atoms with van der Waals surface area (Å²) in [5.74, 6) is -1.56. The molecule has 0 aromatic carbocycles. The fourth-order valence-electron chi connectivity index (χ4n) is 2.03. The van der Waals surface area contributed by atoms with Crippen LogP contribution in [0.2, 0.25) is 0 Å². The minimum absolute atomic E-state index is 0.0185. The number of rotatable bonds is 4. The highest BCUT2D eigenvalue weighted by molar-refractivity contribution is 5.96. The van der Waals surface area contributed by atoms with Crippen molar-refractivity contribution >= 4 is 11.9 Å². The van der Waals surface area contributed by atoms with Crippen LogP contribution in [0, 0.1) is 0 Å². The molecule has 1 atom stereocenters. The number of hydrogen-bond donors (Lipinski definition) is 1. The van der Waals surface area contributed by atoms with E-state index in [0.717, 1.165) is 12.8 Å². The summed E-state index contributed by atoms with van der Waals surface area (Å²) in [6.07, 6.45) is 3.13. The molecule has 1 N–H and O–H groups in total. The molecule has 1 aliphatic carbocycles. The molecule has 0 aliphatic heterocycles. The highest BCUT2D eigenvalue weighted by Crippen LogP contribution is 2.29. The van der Waals surface area contributed by atoms with Gasteiger partial charge in [0.1, 0.15) is 11.6 Å². The highest BCUT2D eigenvalue weighted by Gasteiger charge is 2.39. The Balaban J connectivity index is 2.37. The van der Waals surface area contributed by atoms with Crippen molar-refractivity contribution in [1.82, 2.24) is 9.47 Å². The van der Waals surface area contributed by atoms with Gasteiger partial charge in [-0.25, -0.2) is 4.79 Å². The van der Waals surface area contributed by atoms with Gasteiger partial charge in [-0.15, -0.1) is 0 Å². The number of aromatic nitrogens is 1. The lowest BCUT2D eigenvalue weighted by atomic mass is 10.2. The summed E-state index contributed by atoms with van der Waals surface area (Å²) in [7, 11) is 1.56. The van der Waals surface area contributed by atoms with Gasteiger partial charge in [-0.2, -0.15) is 0 Å². The van der Waals surface area contributed by atoms with Gasteiger partial charge >= 0.3 is 5.97 Å². The van der Waals surface area contributed by atoms with E-state index in [1.807, 2.05) is 0 Å². The minimum Gasteiger partial charge on any atom is -0.480 e. The Bertz CT molecular complexity index is 574. The van der Waals surface area contributed by atoms with Gasteiger partial charge in [0.25, 0.3) is 11.5 Å². The van der Waals surface area contributed by atoms with Gasteiger partial charge in [0.05, 0.1) is 0 Å². The van der Waals surface area contributed by atoms with Crippen LogP contribution in [-0.2, 0) is 11.8 Å². The van der Waals surface area contributed by atoms with E-state index in [2.05, 4.69) is 0 Å². The first kappa shape index (κ1) is 13.3. The van der Waals surface area contributed by atoms with E-state index in [9.17, 15) is 14.4 Å². The van der Waals surface area contributed by atoms with E-state index in [-0.39, 0.29) is 11.6 Å². The molecule has 1 aromatic heterocycles. The quantitative estimate of drug-likeness (QED) is 0.857. The number of carboxylic acids is 1. The van der Waals surface area contributed by atoms with Crippen molar-refractivity contribution < 1.29 is 14.7 Å². The number of carbonyl (C=O) groups excluding carboxylic acids is 1. The lowest BCUT2D eigenvalue weighted by Gasteiger charge is -2.26. The number of nitrogens with zero attached hydrogens (tertiary/aromatic N) is 2. The Hall–Kier alpha value is -2.11. The molecule has 1 fully saturated rings. The molecule has 0 spiro atoms. The Morgan fingerprint density at radius 2 is 2.11 bits per heavy atom. The molecule has 6 nitrogen and oxygen atoms in total. The number of hydrogen-bond acceptors (Lipinski definition) is 3. The topological polar surface area (TPSA) is 79.6 Å². The van der Waals surface area contributed by atoms with E-state index in [1.54, 1.807) is 19.3 Å². The number of amides is 1. The third-order valence-corrected chi connectivity index (χ3v) is 3.30. The largest absolute Gasteiger partial charge is 0.480 e. The van der Waals surface area contributed by atoms with Crippen molar-refractivity contribution in [2.24, 2.45) is 7.05 Å². The summed E-state index contributed by atoms with van der Waals surface area (Å²) >= 11 is 0. The van der Waals surface area contributed by atoms with Crippen LogP contribution >= 0.6 is 0 Å². The molecule has 0 radical (unpaired) electrons. The third-order valence-electron chi connectivity index (χ3n) is 3.30. The second kappa shape index (κ2) is 4.87. The van der Waals surface area contributed by atoms with E-state index < -0.39 is 23.5 Å². The van der Waals surface area contributed by atoms with Crippen LogP contribution < -0.4 is 5.56 Å². The van der Waals surface area contributed by atoms with E-state index in [1.165, 1.54) is 22.5 Å². The zero-order chi connectivity index (χ0) is 14.2. The summed E-state index contributed by atoms with van der Waals surface area (Å²) in [6.45, 7) is 1.46. The van der Waals surface area contributed by atoms with E-state index in [0.29, 0.717) is 0 Å². The summed E-state index contributed by atoms with van der Waals surface area (Å²) in [6, 6.07) is 2.05. The average Bonchev–Trinajstić information content (AvgIpc) is 3.17. The molecule has 6 heteroatoms. The fraction of sp³-hybridized carbons (Fsp3) is 0.462. The van der Waals surface area contributed by atoms with Gasteiger partial charge in [0, 0.05) is 19.3 Å². The molecule has 0 saturated heterocycles. The van der Waals surface area contributed by atoms with Crippen molar-refractivity contribution in [2.75, 3.05) is 0 Å². The summed E-state index contributed by atoms with van der Waals surface area (Å²) in [4.78, 5) is 36.7. The molecule has 19 heavy (non-hydrogen) atoms. The summed E-state index contributed by atoms with van der Waals surface area (Å²) < 4.78 is 1.31. The standard InChI is InChI=1S/C13H16N2O4/c1-8(13(18)19)15(9-5-6-9)12(17)10-4-3-7-14(2)11(10)16/h3-4,7-9H,5-6H2,1-2H3,(H,18,19). The maximum Gasteiger partial charge on any atom is 0.326 e. The molecular formula is C13H16N2O4. The Kier molecular flexibility index (Phi) is 3.42. The second-order valence-corrected chi connectivity index (χ2v) is 4.80. The van der Waals surface area contributed by atoms with Gasteiger partial charge in [-0.3, -0.25) is 9.59 Å². The van der Waals surface area contributed by atoms with Gasteiger partial charge in [0.2, 0.25) is 0 Å². The van der Waals surface area contributed by atoms with Crippen LogP contribution in [0.4, 0.5) is 0 Å². The van der Waals surface area contributed by atoms with Gasteiger partial charge in [0.15, 0.2) is 0 Å². The monoisotopic (exact) mass is 264 g/mol. The van der Waals surface area contributed by atoms with Crippen LogP contribution in [0.5, 0.6) is 0 Å². The Morgan fingerprint density at radius 1 is 1.47 bits per heavy atom. The normalized spacial score (nSPS) is 15.9. The second-order valence-electron chi connectivity index (χ2n) is 4.80. The first-order valence-electron chi connectivity index (χ1n) is 6.14. The zero-order valence-electron chi connectivity index (χ0n) is 10.9. The summed E-state index contributed by atoms with van der Waals surface area (Å²) in [5.41, 5.74) is -0.388. The van der Waals surface area contributed by atoms with Crippen molar-refractivity contribution in [3.8, 4) is 0 Å². The number of pyridine rings is 1. The molecule has 1 unspecified atom stereocenters. The highest BCUT2D eigenvalue weighted by atomic mass is 16.4. The smallest absolute Gasteiger partial charge is 0.326 e. The number of aryl methyl sites for hydroxylation is 1. The Morgan fingerprint density at radius 3 is 2.63 bits per heavy atom. The van der Waals surface area contributed by atoms with Gasteiger partial charge in [-0.05, 0) is 31.9 Å². The van der Waals surface area contributed by atoms with E-state index in [4.69, 9.17) is 5.11 Å². The molecule has 2 rings (SSSR count). The van der Waals surface area contributed by atoms with Crippen molar-refractivity contribution in [2.45, 2.75) is 31.8 Å². The predicted molar refractivity (Wildman–Crippen MR) is 68.0 cm³/mol. The molecule has 1 aliphatic rings. The number of carbonyl (C=O) groups is 2. The summed E-state index contributed by atoms with van der Waals surface area (Å²) in [5, 5.41) is 9.07. The predicted octanol–water partition coefficient (Wildman–Crippen LogP) is 0.463. The first-order valence-corrected chi connectivity index (χ1v) is 6.14. The van der Waals surface area contributed by atoms with Crippen LogP contribution in [0.1, 0.15) is 30.1 Å². The van der Waals surface area contributed by atoms with Crippen molar-refractivity contribution in [1.29, 1.82) is 0 Å².